The Labute approximate surface area is 147 Å². The van der Waals surface area contributed by atoms with E-state index in [0.29, 0.717) is 13.1 Å². The fourth-order valence-corrected chi connectivity index (χ4v) is 3.36. The van der Waals surface area contributed by atoms with E-state index < -0.39 is 0 Å². The van der Waals surface area contributed by atoms with Gasteiger partial charge >= 0.3 is 0 Å². The summed E-state index contributed by atoms with van der Waals surface area (Å²) in [6, 6.07) is 16.4. The van der Waals surface area contributed by atoms with Gasteiger partial charge in [0.15, 0.2) is 0 Å². The molecule has 2 N–H and O–H groups in total. The van der Waals surface area contributed by atoms with E-state index in [9.17, 15) is 4.79 Å². The zero-order valence-electron chi connectivity index (χ0n) is 13.9. The maximum Gasteiger partial charge on any atom is 0.234 e. The van der Waals surface area contributed by atoms with Crippen LogP contribution in [0.1, 0.15) is 19.4 Å². The summed E-state index contributed by atoms with van der Waals surface area (Å²) >= 11 is 6.60. The van der Waals surface area contributed by atoms with Gasteiger partial charge in [0.05, 0.1) is 11.6 Å². The van der Waals surface area contributed by atoms with E-state index in [1.165, 1.54) is 5.56 Å². The number of hydrogen-bond acceptors (Lipinski definition) is 2. The first-order chi connectivity index (χ1) is 11.6. The highest BCUT2D eigenvalue weighted by Gasteiger charge is 2.12. The minimum absolute atomic E-state index is 0.00701. The maximum absolute atomic E-state index is 11.8. The van der Waals surface area contributed by atoms with Crippen LogP contribution in [-0.4, -0.2) is 18.5 Å². The van der Waals surface area contributed by atoms with Crippen LogP contribution in [0.2, 0.25) is 5.02 Å². The van der Waals surface area contributed by atoms with E-state index in [-0.39, 0.29) is 11.9 Å². The van der Waals surface area contributed by atoms with E-state index in [0.717, 1.165) is 26.6 Å². The normalized spacial score (nSPS) is 11.3. The number of rotatable bonds is 5. The average molecular weight is 341 g/mol. The Hall–Kier alpha value is -2.10. The highest BCUT2D eigenvalue weighted by molar-refractivity contribution is 6.41. The standard InChI is InChI=1S/C20H21ClN2O/c1-13(2)23-19(24)12-22-11-18-14-7-3-5-9-16(14)20(21)17-10-6-4-8-15(17)18/h3-10,13,22H,11-12H2,1-2H3,(H,23,24). The molecule has 0 aromatic heterocycles. The van der Waals surface area contributed by atoms with Crippen LogP contribution in [0.25, 0.3) is 21.5 Å². The van der Waals surface area contributed by atoms with Gasteiger partial charge in [0.25, 0.3) is 0 Å². The van der Waals surface area contributed by atoms with E-state index in [2.05, 4.69) is 22.8 Å². The van der Waals surface area contributed by atoms with Gasteiger partial charge in [-0.15, -0.1) is 0 Å². The van der Waals surface area contributed by atoms with Crippen molar-refractivity contribution in [2.45, 2.75) is 26.4 Å². The van der Waals surface area contributed by atoms with Crippen LogP contribution in [0.5, 0.6) is 0 Å². The maximum atomic E-state index is 11.8. The number of hydrogen-bond donors (Lipinski definition) is 2. The van der Waals surface area contributed by atoms with Gasteiger partial charge < -0.3 is 10.6 Å². The van der Waals surface area contributed by atoms with Crippen molar-refractivity contribution in [2.24, 2.45) is 0 Å². The van der Waals surface area contributed by atoms with Gasteiger partial charge in [0.2, 0.25) is 5.91 Å². The van der Waals surface area contributed by atoms with Crippen molar-refractivity contribution < 1.29 is 4.79 Å². The minimum atomic E-state index is 0.00701. The number of fused-ring (bicyclic) bond motifs is 2. The molecule has 0 radical (unpaired) electrons. The molecule has 0 heterocycles. The predicted molar refractivity (Wildman–Crippen MR) is 101 cm³/mol. The van der Waals surface area contributed by atoms with Crippen LogP contribution in [-0.2, 0) is 11.3 Å². The molecule has 0 aliphatic rings. The van der Waals surface area contributed by atoms with Crippen LogP contribution in [0, 0.1) is 0 Å². The first-order valence-corrected chi connectivity index (χ1v) is 8.53. The van der Waals surface area contributed by atoms with Crippen molar-refractivity contribution in [1.29, 1.82) is 0 Å². The number of carbonyl (C=O) groups excluding carboxylic acids is 1. The average Bonchev–Trinajstić information content (AvgIpc) is 2.57. The number of halogens is 1. The summed E-state index contributed by atoms with van der Waals surface area (Å²) in [6.45, 7) is 4.82. The monoisotopic (exact) mass is 340 g/mol. The topological polar surface area (TPSA) is 41.1 Å². The zero-order valence-corrected chi connectivity index (χ0v) is 14.7. The first-order valence-electron chi connectivity index (χ1n) is 8.16. The molecule has 0 saturated carbocycles. The van der Waals surface area contributed by atoms with Crippen molar-refractivity contribution in [2.75, 3.05) is 6.54 Å². The van der Waals surface area contributed by atoms with Crippen molar-refractivity contribution in [1.82, 2.24) is 10.6 Å². The lowest BCUT2D eigenvalue weighted by Gasteiger charge is -2.15. The SMILES string of the molecule is CC(C)NC(=O)CNCc1c2ccccc2c(Cl)c2ccccc12. The second-order valence-corrected chi connectivity index (χ2v) is 6.59. The summed E-state index contributed by atoms with van der Waals surface area (Å²) in [6.07, 6.45) is 0. The van der Waals surface area contributed by atoms with Gasteiger partial charge in [-0.2, -0.15) is 0 Å². The molecule has 0 spiro atoms. The summed E-state index contributed by atoms with van der Waals surface area (Å²) in [7, 11) is 0. The molecule has 1 amide bonds. The Morgan fingerprint density at radius 2 is 1.46 bits per heavy atom. The lowest BCUT2D eigenvalue weighted by Crippen LogP contribution is -2.37. The molecule has 0 unspecified atom stereocenters. The highest BCUT2D eigenvalue weighted by Crippen LogP contribution is 2.35. The van der Waals surface area contributed by atoms with Gasteiger partial charge in [0.1, 0.15) is 0 Å². The molecule has 0 fully saturated rings. The van der Waals surface area contributed by atoms with Crippen LogP contribution < -0.4 is 10.6 Å². The van der Waals surface area contributed by atoms with Crippen molar-refractivity contribution >= 4 is 39.1 Å². The predicted octanol–water partition coefficient (Wildman–Crippen LogP) is 4.26. The number of amides is 1. The Bertz CT molecular complexity index is 832. The van der Waals surface area contributed by atoms with Gasteiger partial charge in [-0.3, -0.25) is 4.79 Å². The lowest BCUT2D eigenvalue weighted by molar-refractivity contribution is -0.120. The van der Waals surface area contributed by atoms with Crippen LogP contribution in [0.3, 0.4) is 0 Å². The van der Waals surface area contributed by atoms with Crippen molar-refractivity contribution in [3.63, 3.8) is 0 Å². The fraction of sp³-hybridized carbons (Fsp3) is 0.250. The third-order valence-corrected chi connectivity index (χ3v) is 4.42. The molecule has 0 saturated heterocycles. The lowest BCUT2D eigenvalue weighted by atomic mass is 9.96. The largest absolute Gasteiger partial charge is 0.353 e. The highest BCUT2D eigenvalue weighted by atomic mass is 35.5. The van der Waals surface area contributed by atoms with Gasteiger partial charge in [-0.05, 0) is 30.2 Å². The Morgan fingerprint density at radius 1 is 0.958 bits per heavy atom. The molecule has 0 aliphatic carbocycles. The van der Waals surface area contributed by atoms with E-state index in [1.54, 1.807) is 0 Å². The second-order valence-electron chi connectivity index (χ2n) is 6.21. The molecule has 0 aliphatic heterocycles. The molecular formula is C20H21ClN2O. The number of nitrogens with one attached hydrogen (secondary N) is 2. The summed E-state index contributed by atoms with van der Waals surface area (Å²) in [4.78, 5) is 11.8. The Kier molecular flexibility index (Phi) is 5.03. The Morgan fingerprint density at radius 3 is 1.96 bits per heavy atom. The number of benzene rings is 3. The smallest absolute Gasteiger partial charge is 0.234 e. The van der Waals surface area contributed by atoms with Crippen LogP contribution in [0.15, 0.2) is 48.5 Å². The third-order valence-electron chi connectivity index (χ3n) is 4.01. The summed E-state index contributed by atoms with van der Waals surface area (Å²) in [5.41, 5.74) is 1.17. The fourth-order valence-electron chi connectivity index (χ4n) is 3.03. The molecule has 3 aromatic rings. The van der Waals surface area contributed by atoms with Crippen LogP contribution >= 0.6 is 11.6 Å². The zero-order chi connectivity index (χ0) is 17.1. The van der Waals surface area contributed by atoms with Crippen LogP contribution in [0.4, 0.5) is 0 Å². The van der Waals surface area contributed by atoms with E-state index >= 15 is 0 Å². The molecule has 3 aromatic carbocycles. The minimum Gasteiger partial charge on any atom is -0.353 e. The molecule has 0 bridgehead atoms. The molecule has 0 atom stereocenters. The first kappa shape index (κ1) is 16.7. The summed E-state index contributed by atoms with van der Waals surface area (Å²) in [5.74, 6) is 0.00701. The quantitative estimate of drug-likeness (QED) is 0.681. The molecule has 3 rings (SSSR count). The third kappa shape index (κ3) is 3.37. The van der Waals surface area contributed by atoms with E-state index in [4.69, 9.17) is 11.6 Å². The van der Waals surface area contributed by atoms with Crippen molar-refractivity contribution in [3.8, 4) is 0 Å². The molecule has 4 heteroatoms. The Balaban J connectivity index is 1.96. The van der Waals surface area contributed by atoms with E-state index in [1.807, 2.05) is 50.2 Å². The number of carbonyl (C=O) groups is 1. The van der Waals surface area contributed by atoms with Crippen molar-refractivity contribution in [3.05, 3.63) is 59.1 Å². The second kappa shape index (κ2) is 7.20. The molecule has 124 valence electrons. The summed E-state index contributed by atoms with van der Waals surface area (Å²) in [5, 5.41) is 11.3. The van der Waals surface area contributed by atoms with Gasteiger partial charge in [-0.25, -0.2) is 0 Å². The van der Waals surface area contributed by atoms with Gasteiger partial charge in [0, 0.05) is 23.4 Å². The molecule has 24 heavy (non-hydrogen) atoms. The molecular weight excluding hydrogens is 320 g/mol. The molecule has 3 nitrogen and oxygen atoms in total. The summed E-state index contributed by atoms with van der Waals surface area (Å²) < 4.78 is 0. The van der Waals surface area contributed by atoms with Gasteiger partial charge in [-0.1, -0.05) is 60.1 Å².